The van der Waals surface area contributed by atoms with Gasteiger partial charge in [-0.1, -0.05) is 78.9 Å². The Morgan fingerprint density at radius 3 is 2.32 bits per heavy atom. The van der Waals surface area contributed by atoms with E-state index in [0.717, 1.165) is 6.42 Å². The van der Waals surface area contributed by atoms with Crippen LogP contribution in [0.5, 0.6) is 0 Å². The molecule has 1 unspecified atom stereocenters. The van der Waals surface area contributed by atoms with Crippen molar-refractivity contribution in [3.8, 4) is 11.1 Å². The van der Waals surface area contributed by atoms with Crippen molar-refractivity contribution < 1.29 is 4.74 Å². The Bertz CT molecular complexity index is 680. The van der Waals surface area contributed by atoms with E-state index in [4.69, 9.17) is 4.74 Å². The Morgan fingerprint density at radius 2 is 1.68 bits per heavy atom. The van der Waals surface area contributed by atoms with E-state index in [2.05, 4.69) is 79.4 Å². The number of benzene rings is 2. The van der Waals surface area contributed by atoms with E-state index >= 15 is 0 Å². The lowest BCUT2D eigenvalue weighted by atomic mass is 9.86. The van der Waals surface area contributed by atoms with Gasteiger partial charge in [0, 0.05) is 6.42 Å². The third-order valence-corrected chi connectivity index (χ3v) is 3.97. The molecule has 0 amide bonds. The first kappa shape index (κ1) is 14.6. The van der Waals surface area contributed by atoms with Gasteiger partial charge in [0.25, 0.3) is 0 Å². The Labute approximate surface area is 132 Å². The number of ether oxygens (including phenoxy) is 1. The van der Waals surface area contributed by atoms with Crippen LogP contribution in [0.15, 0.2) is 91.6 Å². The monoisotopic (exact) mass is 288 g/mol. The SMILES string of the molecule is C=CCOC1(c2ccc(-c3ccccc3)cc2)C=CC=CC1. The topological polar surface area (TPSA) is 9.23 Å². The predicted molar refractivity (Wildman–Crippen MR) is 92.6 cm³/mol. The van der Waals surface area contributed by atoms with Gasteiger partial charge in [0.2, 0.25) is 0 Å². The predicted octanol–water partition coefficient (Wildman–Crippen LogP) is 5.27. The van der Waals surface area contributed by atoms with Crippen molar-refractivity contribution in [2.75, 3.05) is 6.61 Å². The highest BCUT2D eigenvalue weighted by Crippen LogP contribution is 2.35. The van der Waals surface area contributed by atoms with E-state index in [1.165, 1.54) is 16.7 Å². The van der Waals surface area contributed by atoms with Crippen LogP contribution >= 0.6 is 0 Å². The third kappa shape index (κ3) is 2.95. The zero-order valence-electron chi connectivity index (χ0n) is 12.6. The van der Waals surface area contributed by atoms with Gasteiger partial charge >= 0.3 is 0 Å². The van der Waals surface area contributed by atoms with Crippen LogP contribution in [0.4, 0.5) is 0 Å². The van der Waals surface area contributed by atoms with E-state index in [0.29, 0.717) is 6.61 Å². The van der Waals surface area contributed by atoms with Gasteiger partial charge in [0.05, 0.1) is 6.61 Å². The van der Waals surface area contributed by atoms with Crippen molar-refractivity contribution in [3.63, 3.8) is 0 Å². The molecule has 0 saturated carbocycles. The molecule has 0 fully saturated rings. The van der Waals surface area contributed by atoms with E-state index < -0.39 is 0 Å². The summed E-state index contributed by atoms with van der Waals surface area (Å²) in [4.78, 5) is 0. The lowest BCUT2D eigenvalue weighted by molar-refractivity contribution is 0.00634. The molecular formula is C21H20O. The summed E-state index contributed by atoms with van der Waals surface area (Å²) in [5.74, 6) is 0. The maximum absolute atomic E-state index is 6.10. The van der Waals surface area contributed by atoms with Crippen LogP contribution in [0.3, 0.4) is 0 Å². The number of hydrogen-bond donors (Lipinski definition) is 0. The molecule has 110 valence electrons. The lowest BCUT2D eigenvalue weighted by Gasteiger charge is -2.32. The van der Waals surface area contributed by atoms with E-state index in [9.17, 15) is 0 Å². The smallest absolute Gasteiger partial charge is 0.115 e. The van der Waals surface area contributed by atoms with Crippen molar-refractivity contribution in [1.82, 2.24) is 0 Å². The molecule has 1 aliphatic carbocycles. The first-order chi connectivity index (χ1) is 10.8. The highest BCUT2D eigenvalue weighted by molar-refractivity contribution is 5.63. The fourth-order valence-corrected chi connectivity index (χ4v) is 2.79. The first-order valence-corrected chi connectivity index (χ1v) is 7.59. The van der Waals surface area contributed by atoms with Crippen LogP contribution in [0, 0.1) is 0 Å². The highest BCUT2D eigenvalue weighted by atomic mass is 16.5. The molecule has 0 radical (unpaired) electrons. The highest BCUT2D eigenvalue weighted by Gasteiger charge is 2.29. The number of allylic oxidation sites excluding steroid dienone is 2. The molecule has 1 nitrogen and oxygen atoms in total. The molecule has 2 aromatic carbocycles. The zero-order chi connectivity index (χ0) is 15.3. The molecule has 1 heteroatoms. The summed E-state index contributed by atoms with van der Waals surface area (Å²) >= 11 is 0. The van der Waals surface area contributed by atoms with Gasteiger partial charge in [-0.3, -0.25) is 0 Å². The Balaban J connectivity index is 1.91. The van der Waals surface area contributed by atoms with Gasteiger partial charge < -0.3 is 4.74 Å². The van der Waals surface area contributed by atoms with E-state index in [-0.39, 0.29) is 5.60 Å². The Kier molecular flexibility index (Phi) is 4.36. The summed E-state index contributed by atoms with van der Waals surface area (Å²) in [7, 11) is 0. The van der Waals surface area contributed by atoms with E-state index in [1.807, 2.05) is 6.07 Å². The van der Waals surface area contributed by atoms with Crippen LogP contribution in [0.25, 0.3) is 11.1 Å². The van der Waals surface area contributed by atoms with Gasteiger partial charge in [-0.05, 0) is 22.8 Å². The zero-order valence-corrected chi connectivity index (χ0v) is 12.6. The van der Waals surface area contributed by atoms with Gasteiger partial charge in [-0.2, -0.15) is 0 Å². The molecule has 0 aliphatic heterocycles. The molecule has 1 aliphatic rings. The summed E-state index contributed by atoms with van der Waals surface area (Å²) in [6, 6.07) is 19.1. The van der Waals surface area contributed by atoms with Crippen LogP contribution in [-0.2, 0) is 10.3 Å². The molecule has 2 aromatic rings. The van der Waals surface area contributed by atoms with Crippen molar-refractivity contribution in [2.45, 2.75) is 12.0 Å². The van der Waals surface area contributed by atoms with Gasteiger partial charge in [0.1, 0.15) is 5.60 Å². The number of hydrogen-bond acceptors (Lipinski definition) is 1. The fourth-order valence-electron chi connectivity index (χ4n) is 2.79. The molecule has 0 aromatic heterocycles. The average Bonchev–Trinajstić information content (AvgIpc) is 2.62. The van der Waals surface area contributed by atoms with Crippen LogP contribution < -0.4 is 0 Å². The van der Waals surface area contributed by atoms with Gasteiger partial charge in [-0.25, -0.2) is 0 Å². The lowest BCUT2D eigenvalue weighted by Crippen LogP contribution is -2.28. The quantitative estimate of drug-likeness (QED) is 0.681. The van der Waals surface area contributed by atoms with E-state index in [1.54, 1.807) is 6.08 Å². The van der Waals surface area contributed by atoms with Gasteiger partial charge in [-0.15, -0.1) is 6.58 Å². The molecule has 0 spiro atoms. The number of rotatable bonds is 5. The minimum atomic E-state index is -0.377. The second-order valence-corrected chi connectivity index (χ2v) is 5.42. The molecule has 22 heavy (non-hydrogen) atoms. The average molecular weight is 288 g/mol. The normalized spacial score (nSPS) is 20.0. The second-order valence-electron chi connectivity index (χ2n) is 5.42. The molecule has 0 bridgehead atoms. The second kappa shape index (κ2) is 6.59. The molecule has 0 heterocycles. The third-order valence-electron chi connectivity index (χ3n) is 3.97. The van der Waals surface area contributed by atoms with Gasteiger partial charge in [0.15, 0.2) is 0 Å². The summed E-state index contributed by atoms with van der Waals surface area (Å²) in [5.41, 5.74) is 3.25. The molecule has 3 rings (SSSR count). The fraction of sp³-hybridized carbons (Fsp3) is 0.143. The summed E-state index contributed by atoms with van der Waals surface area (Å²) in [5, 5.41) is 0. The largest absolute Gasteiger partial charge is 0.362 e. The van der Waals surface area contributed by atoms with Crippen LogP contribution in [0.1, 0.15) is 12.0 Å². The minimum Gasteiger partial charge on any atom is -0.362 e. The molecule has 0 saturated heterocycles. The molecule has 0 N–H and O–H groups in total. The molecular weight excluding hydrogens is 268 g/mol. The standard InChI is InChI=1S/C21H20O/c1-2-17-22-21(15-7-4-8-16-21)20-13-11-19(12-14-20)18-9-5-3-6-10-18/h2-15H,1,16-17H2. The minimum absolute atomic E-state index is 0.377. The first-order valence-electron chi connectivity index (χ1n) is 7.59. The Morgan fingerprint density at radius 1 is 0.955 bits per heavy atom. The van der Waals surface area contributed by atoms with Crippen molar-refractivity contribution in [3.05, 3.63) is 97.1 Å². The summed E-state index contributed by atoms with van der Waals surface area (Å²) < 4.78 is 6.10. The van der Waals surface area contributed by atoms with Crippen molar-refractivity contribution >= 4 is 0 Å². The van der Waals surface area contributed by atoms with Crippen molar-refractivity contribution in [1.29, 1.82) is 0 Å². The van der Waals surface area contributed by atoms with Crippen LogP contribution in [-0.4, -0.2) is 6.61 Å². The Hall–Kier alpha value is -2.38. The maximum Gasteiger partial charge on any atom is 0.115 e. The summed E-state index contributed by atoms with van der Waals surface area (Å²) in [6.45, 7) is 4.30. The summed E-state index contributed by atoms with van der Waals surface area (Å²) in [6.07, 6.45) is 11.0. The molecule has 1 atom stereocenters. The van der Waals surface area contributed by atoms with Crippen molar-refractivity contribution in [2.24, 2.45) is 0 Å². The van der Waals surface area contributed by atoms with Crippen LogP contribution in [0.2, 0.25) is 0 Å². The maximum atomic E-state index is 6.10.